The Morgan fingerprint density at radius 2 is 1.89 bits per heavy atom. The van der Waals surface area contributed by atoms with Crippen LogP contribution in [0.3, 0.4) is 0 Å². The molecule has 35 heavy (non-hydrogen) atoms. The predicted molar refractivity (Wildman–Crippen MR) is 139 cm³/mol. The number of rotatable bonds is 8. The Morgan fingerprint density at radius 3 is 2.60 bits per heavy atom. The summed E-state index contributed by atoms with van der Waals surface area (Å²) in [6, 6.07) is 18.9. The minimum atomic E-state index is -0.00439. The maximum absolute atomic E-state index is 12.9. The van der Waals surface area contributed by atoms with Crippen molar-refractivity contribution < 1.29 is 9.32 Å². The van der Waals surface area contributed by atoms with E-state index in [-0.39, 0.29) is 23.3 Å². The van der Waals surface area contributed by atoms with Gasteiger partial charge in [0, 0.05) is 18.2 Å². The smallest absolute Gasteiger partial charge is 0.241 e. The molecule has 2 atom stereocenters. The molecule has 1 aliphatic rings. The van der Waals surface area contributed by atoms with Crippen LogP contribution in [-0.4, -0.2) is 40.1 Å². The topological polar surface area (TPSA) is 71.3 Å². The van der Waals surface area contributed by atoms with Crippen molar-refractivity contribution in [3.05, 3.63) is 71.6 Å². The first-order valence-corrected chi connectivity index (χ1v) is 12.8. The third-order valence-corrected chi connectivity index (χ3v) is 6.81. The third-order valence-electron chi connectivity index (χ3n) is 6.81. The number of carbonyl (C=O) groups excluding carboxylic acids is 1. The Bertz CT molecular complexity index is 1090. The summed E-state index contributed by atoms with van der Waals surface area (Å²) in [5.74, 6) is 1.35. The molecule has 1 amide bonds. The van der Waals surface area contributed by atoms with Gasteiger partial charge in [-0.2, -0.15) is 4.98 Å². The largest absolute Gasteiger partial charge is 0.353 e. The molecule has 1 fully saturated rings. The molecule has 1 N–H and O–H groups in total. The van der Waals surface area contributed by atoms with E-state index in [9.17, 15) is 4.79 Å². The second kappa shape index (κ2) is 11.2. The number of piperidine rings is 1. The number of aromatic nitrogens is 2. The van der Waals surface area contributed by atoms with E-state index in [0.717, 1.165) is 44.3 Å². The molecule has 6 heteroatoms. The number of benzene rings is 2. The first-order chi connectivity index (χ1) is 16.8. The molecule has 0 saturated carbocycles. The standard InChI is InChI=1S/C29H38N4O2/c1-21(12-13-22-9-6-5-7-10-22)30-28(34)24-11-8-18-33(19-24)20-26-31-27(32-35-26)23-14-16-25(17-15-23)29(2,3)4/h5-7,9-10,14-17,21,24H,8,11-13,18-20H2,1-4H3,(H,30,34). The summed E-state index contributed by atoms with van der Waals surface area (Å²) < 4.78 is 5.55. The number of aryl methyl sites for hydroxylation is 1. The molecule has 0 aliphatic carbocycles. The van der Waals surface area contributed by atoms with Crippen LogP contribution in [0.25, 0.3) is 11.4 Å². The van der Waals surface area contributed by atoms with Crippen molar-refractivity contribution in [2.24, 2.45) is 5.92 Å². The second-order valence-corrected chi connectivity index (χ2v) is 10.8. The number of nitrogens with one attached hydrogen (secondary N) is 1. The number of hydrogen-bond donors (Lipinski definition) is 1. The molecule has 6 nitrogen and oxygen atoms in total. The summed E-state index contributed by atoms with van der Waals surface area (Å²) in [6.07, 6.45) is 3.82. The quantitative estimate of drug-likeness (QED) is 0.474. The zero-order valence-corrected chi connectivity index (χ0v) is 21.5. The van der Waals surface area contributed by atoms with Crippen molar-refractivity contribution in [3.8, 4) is 11.4 Å². The van der Waals surface area contributed by atoms with E-state index in [1.807, 2.05) is 6.07 Å². The van der Waals surface area contributed by atoms with E-state index in [0.29, 0.717) is 18.3 Å². The van der Waals surface area contributed by atoms with Crippen molar-refractivity contribution in [1.82, 2.24) is 20.4 Å². The lowest BCUT2D eigenvalue weighted by atomic mass is 9.87. The molecular weight excluding hydrogens is 436 g/mol. The van der Waals surface area contributed by atoms with Gasteiger partial charge in [-0.3, -0.25) is 9.69 Å². The van der Waals surface area contributed by atoms with Crippen LogP contribution in [0.15, 0.2) is 59.1 Å². The van der Waals surface area contributed by atoms with E-state index in [1.165, 1.54) is 11.1 Å². The molecule has 3 aromatic rings. The number of hydrogen-bond acceptors (Lipinski definition) is 5. The number of amides is 1. The van der Waals surface area contributed by atoms with E-state index >= 15 is 0 Å². The van der Waals surface area contributed by atoms with Gasteiger partial charge in [0.15, 0.2) is 0 Å². The fourth-order valence-electron chi connectivity index (χ4n) is 4.62. The molecule has 0 bridgehead atoms. The number of carbonyl (C=O) groups is 1. The highest BCUT2D eigenvalue weighted by Gasteiger charge is 2.27. The summed E-state index contributed by atoms with van der Waals surface area (Å²) in [5.41, 5.74) is 3.64. The third kappa shape index (κ3) is 7.01. The summed E-state index contributed by atoms with van der Waals surface area (Å²) in [6.45, 7) is 10.9. The molecule has 2 heterocycles. The molecule has 2 unspecified atom stereocenters. The van der Waals surface area contributed by atoms with Gasteiger partial charge in [-0.15, -0.1) is 0 Å². The highest BCUT2D eigenvalue weighted by atomic mass is 16.5. The molecule has 1 saturated heterocycles. The summed E-state index contributed by atoms with van der Waals surface area (Å²) in [4.78, 5) is 19.8. The Labute approximate surface area is 209 Å². The second-order valence-electron chi connectivity index (χ2n) is 10.8. The number of likely N-dealkylation sites (tertiary alicyclic amines) is 1. The molecular formula is C29H38N4O2. The summed E-state index contributed by atoms with van der Waals surface area (Å²) >= 11 is 0. The molecule has 4 rings (SSSR count). The van der Waals surface area contributed by atoms with Gasteiger partial charge in [0.1, 0.15) is 0 Å². The monoisotopic (exact) mass is 474 g/mol. The fourth-order valence-corrected chi connectivity index (χ4v) is 4.62. The van der Waals surface area contributed by atoms with Crippen LogP contribution < -0.4 is 5.32 Å². The molecule has 1 aliphatic heterocycles. The van der Waals surface area contributed by atoms with Gasteiger partial charge in [0.25, 0.3) is 0 Å². The Balaban J connectivity index is 1.28. The zero-order chi connectivity index (χ0) is 24.8. The number of nitrogens with zero attached hydrogens (tertiary/aromatic N) is 3. The van der Waals surface area contributed by atoms with E-state index in [4.69, 9.17) is 4.52 Å². The fraction of sp³-hybridized carbons (Fsp3) is 0.483. The van der Waals surface area contributed by atoms with Crippen LogP contribution in [-0.2, 0) is 23.2 Å². The molecule has 0 radical (unpaired) electrons. The van der Waals surface area contributed by atoms with Crippen LogP contribution in [0.4, 0.5) is 0 Å². The highest BCUT2D eigenvalue weighted by Crippen LogP contribution is 2.25. The van der Waals surface area contributed by atoms with E-state index in [2.05, 4.69) is 96.6 Å². The first kappa shape index (κ1) is 25.1. The summed E-state index contributed by atoms with van der Waals surface area (Å²) in [7, 11) is 0. The van der Waals surface area contributed by atoms with Crippen molar-refractivity contribution in [1.29, 1.82) is 0 Å². The molecule has 1 aromatic heterocycles. The van der Waals surface area contributed by atoms with Gasteiger partial charge in [-0.1, -0.05) is 80.5 Å². The average molecular weight is 475 g/mol. The highest BCUT2D eigenvalue weighted by molar-refractivity contribution is 5.79. The lowest BCUT2D eigenvalue weighted by molar-refractivity contribution is -0.127. The van der Waals surface area contributed by atoms with Gasteiger partial charge in [-0.25, -0.2) is 0 Å². The predicted octanol–water partition coefficient (Wildman–Crippen LogP) is 5.38. The van der Waals surface area contributed by atoms with Gasteiger partial charge < -0.3 is 9.84 Å². The Morgan fingerprint density at radius 1 is 1.14 bits per heavy atom. The summed E-state index contributed by atoms with van der Waals surface area (Å²) in [5, 5.41) is 7.42. The first-order valence-electron chi connectivity index (χ1n) is 12.8. The van der Waals surface area contributed by atoms with Crippen molar-refractivity contribution in [2.75, 3.05) is 13.1 Å². The Kier molecular flexibility index (Phi) is 8.01. The molecule has 0 spiro atoms. The maximum Gasteiger partial charge on any atom is 0.241 e. The van der Waals surface area contributed by atoms with E-state index in [1.54, 1.807) is 0 Å². The normalized spacial score (nSPS) is 17.8. The van der Waals surface area contributed by atoms with Gasteiger partial charge in [-0.05, 0) is 55.7 Å². The minimum absolute atomic E-state index is 0.00439. The van der Waals surface area contributed by atoms with Crippen molar-refractivity contribution in [3.63, 3.8) is 0 Å². The van der Waals surface area contributed by atoms with Crippen LogP contribution in [0.5, 0.6) is 0 Å². The van der Waals surface area contributed by atoms with Crippen LogP contribution >= 0.6 is 0 Å². The maximum atomic E-state index is 12.9. The lowest BCUT2D eigenvalue weighted by Gasteiger charge is -2.31. The lowest BCUT2D eigenvalue weighted by Crippen LogP contribution is -2.45. The van der Waals surface area contributed by atoms with Gasteiger partial charge in [0.05, 0.1) is 12.5 Å². The molecule has 2 aromatic carbocycles. The van der Waals surface area contributed by atoms with Gasteiger partial charge >= 0.3 is 0 Å². The molecule has 186 valence electrons. The zero-order valence-electron chi connectivity index (χ0n) is 21.5. The van der Waals surface area contributed by atoms with Crippen molar-refractivity contribution in [2.45, 2.75) is 71.4 Å². The minimum Gasteiger partial charge on any atom is -0.353 e. The average Bonchev–Trinajstić information content (AvgIpc) is 3.31. The van der Waals surface area contributed by atoms with Crippen LogP contribution in [0.1, 0.15) is 64.0 Å². The van der Waals surface area contributed by atoms with Crippen molar-refractivity contribution >= 4 is 5.91 Å². The van der Waals surface area contributed by atoms with Crippen LogP contribution in [0, 0.1) is 5.92 Å². The van der Waals surface area contributed by atoms with Crippen LogP contribution in [0.2, 0.25) is 0 Å². The van der Waals surface area contributed by atoms with E-state index < -0.39 is 0 Å². The Hall–Kier alpha value is -2.99. The van der Waals surface area contributed by atoms with Gasteiger partial charge in [0.2, 0.25) is 17.6 Å². The SMILES string of the molecule is CC(CCc1ccccc1)NC(=O)C1CCCN(Cc2nc(-c3ccc(C(C)(C)C)cc3)no2)C1.